The van der Waals surface area contributed by atoms with Crippen LogP contribution >= 0.6 is 24.8 Å². The molecule has 2 heterocycles. The van der Waals surface area contributed by atoms with Gasteiger partial charge in [0, 0.05) is 44.5 Å². The van der Waals surface area contributed by atoms with Gasteiger partial charge in [-0.1, -0.05) is 36.4 Å². The lowest BCUT2D eigenvalue weighted by molar-refractivity contribution is -0.137. The molecule has 1 unspecified atom stereocenters. The first-order valence-corrected chi connectivity index (χ1v) is 11.9. The molecule has 0 saturated carbocycles. The normalized spacial score (nSPS) is 14.7. The van der Waals surface area contributed by atoms with Gasteiger partial charge in [0.1, 0.15) is 11.4 Å². The largest absolute Gasteiger partial charge is 0.421 e. The van der Waals surface area contributed by atoms with Crippen molar-refractivity contribution in [3.05, 3.63) is 77.0 Å². The van der Waals surface area contributed by atoms with Crippen LogP contribution in [0, 0.1) is 0 Å². The number of anilines is 3. The van der Waals surface area contributed by atoms with E-state index in [4.69, 9.17) is 0 Å². The Balaban J connectivity index is 0.00000253. The number of nitrogens with one attached hydrogen (secondary N) is 4. The number of amides is 1. The van der Waals surface area contributed by atoms with E-state index < -0.39 is 11.7 Å². The number of benzene rings is 2. The van der Waals surface area contributed by atoms with Crippen LogP contribution in [0.25, 0.3) is 0 Å². The number of aromatic nitrogens is 2. The monoisotopic (exact) mass is 570 g/mol. The van der Waals surface area contributed by atoms with Crippen LogP contribution < -0.4 is 21.3 Å². The minimum absolute atomic E-state index is 0. The van der Waals surface area contributed by atoms with Crippen LogP contribution in [0.1, 0.15) is 35.6 Å². The van der Waals surface area contributed by atoms with Crippen molar-refractivity contribution in [3.63, 3.8) is 0 Å². The Bertz CT molecular complexity index is 1170. The predicted octanol–water partition coefficient (Wildman–Crippen LogP) is 5.28. The van der Waals surface area contributed by atoms with Crippen LogP contribution in [0.3, 0.4) is 0 Å². The summed E-state index contributed by atoms with van der Waals surface area (Å²) in [6, 6.07) is 16.6. The molecule has 0 radical (unpaired) electrons. The fourth-order valence-electron chi connectivity index (χ4n) is 4.18. The molecule has 1 atom stereocenters. The molecular weight excluding hydrogens is 540 g/mol. The molecule has 0 saturated heterocycles. The van der Waals surface area contributed by atoms with Crippen molar-refractivity contribution in [2.24, 2.45) is 0 Å². The maximum Gasteiger partial charge on any atom is 0.421 e. The van der Waals surface area contributed by atoms with Crippen LogP contribution in [-0.4, -0.2) is 35.0 Å². The van der Waals surface area contributed by atoms with E-state index in [9.17, 15) is 18.0 Å². The Labute approximate surface area is 232 Å². The van der Waals surface area contributed by atoms with Gasteiger partial charge in [-0.25, -0.2) is 4.98 Å². The summed E-state index contributed by atoms with van der Waals surface area (Å²) >= 11 is 0. The SMILES string of the molecule is CC(=O)NCCNc1nc(Nc2ccc(CC3CCc4ccccc4CN3)cc2)ncc1C(F)(F)F.Cl.Cl. The molecule has 1 amide bonds. The molecule has 38 heavy (non-hydrogen) atoms. The lowest BCUT2D eigenvalue weighted by Crippen LogP contribution is -2.29. The van der Waals surface area contributed by atoms with Crippen molar-refractivity contribution in [1.29, 1.82) is 0 Å². The minimum atomic E-state index is -4.61. The number of fused-ring (bicyclic) bond motifs is 1. The summed E-state index contributed by atoms with van der Waals surface area (Å²) in [5.74, 6) is -0.565. The molecule has 4 rings (SSSR count). The number of nitrogens with zero attached hydrogens (tertiary/aromatic N) is 2. The molecule has 1 aliphatic rings. The molecule has 7 nitrogen and oxygen atoms in total. The van der Waals surface area contributed by atoms with Gasteiger partial charge in [-0.3, -0.25) is 4.79 Å². The number of hydrogen-bond donors (Lipinski definition) is 4. The zero-order valence-electron chi connectivity index (χ0n) is 20.8. The maximum atomic E-state index is 13.4. The zero-order valence-corrected chi connectivity index (χ0v) is 22.4. The van der Waals surface area contributed by atoms with Crippen molar-refractivity contribution in [1.82, 2.24) is 20.6 Å². The van der Waals surface area contributed by atoms with Crippen molar-refractivity contribution in [2.75, 3.05) is 23.7 Å². The molecule has 1 aliphatic heterocycles. The van der Waals surface area contributed by atoms with Crippen LogP contribution in [0.5, 0.6) is 0 Å². The summed E-state index contributed by atoms with van der Waals surface area (Å²) < 4.78 is 40.1. The first-order chi connectivity index (χ1) is 17.3. The minimum Gasteiger partial charge on any atom is -0.368 e. The lowest BCUT2D eigenvalue weighted by Gasteiger charge is -2.16. The highest BCUT2D eigenvalue weighted by Crippen LogP contribution is 2.34. The predicted molar refractivity (Wildman–Crippen MR) is 148 cm³/mol. The van der Waals surface area contributed by atoms with Crippen molar-refractivity contribution in [3.8, 4) is 0 Å². The number of alkyl halides is 3. The molecule has 12 heteroatoms. The first-order valence-electron chi connectivity index (χ1n) is 11.9. The van der Waals surface area contributed by atoms with Gasteiger partial charge >= 0.3 is 6.18 Å². The second-order valence-corrected chi connectivity index (χ2v) is 8.77. The molecular formula is C26H31Cl2F3N6O. The van der Waals surface area contributed by atoms with Gasteiger partial charge in [0.25, 0.3) is 0 Å². The first kappa shape index (κ1) is 31.1. The number of halogens is 5. The average molecular weight is 571 g/mol. The standard InChI is InChI=1S/C26H29F3N6O.2ClH/c1-17(36)30-12-13-31-24-23(26(27,28)29)16-33-25(35-24)34-21-9-6-18(7-10-21)14-22-11-8-19-4-2-3-5-20(19)15-32-22;;/h2-7,9-10,16,22,32H,8,11-15H2,1H3,(H,30,36)(H2,31,33,34,35);2*1H. The van der Waals surface area contributed by atoms with Gasteiger partial charge in [-0.05, 0) is 48.1 Å². The molecule has 1 aromatic heterocycles. The Hall–Kier alpha value is -3.08. The van der Waals surface area contributed by atoms with E-state index in [-0.39, 0.29) is 55.6 Å². The van der Waals surface area contributed by atoms with E-state index in [1.54, 1.807) is 0 Å². The molecule has 3 aromatic rings. The van der Waals surface area contributed by atoms with Crippen LogP contribution in [-0.2, 0) is 30.4 Å². The Morgan fingerprint density at radius 2 is 1.76 bits per heavy atom. The fraction of sp³-hybridized carbons (Fsp3) is 0.346. The van der Waals surface area contributed by atoms with E-state index in [1.165, 1.54) is 18.1 Å². The van der Waals surface area contributed by atoms with E-state index in [0.29, 0.717) is 11.7 Å². The molecule has 206 valence electrons. The quantitative estimate of drug-likeness (QED) is 0.275. The topological polar surface area (TPSA) is 91.0 Å². The van der Waals surface area contributed by atoms with Gasteiger partial charge in [0.15, 0.2) is 0 Å². The van der Waals surface area contributed by atoms with Crippen molar-refractivity contribution < 1.29 is 18.0 Å². The highest BCUT2D eigenvalue weighted by atomic mass is 35.5. The highest BCUT2D eigenvalue weighted by Gasteiger charge is 2.35. The number of carbonyl (C=O) groups is 1. The third-order valence-electron chi connectivity index (χ3n) is 6.04. The van der Waals surface area contributed by atoms with E-state index in [0.717, 1.165) is 37.6 Å². The Kier molecular flexibility index (Phi) is 11.6. The highest BCUT2D eigenvalue weighted by molar-refractivity contribution is 5.85. The van der Waals surface area contributed by atoms with E-state index >= 15 is 0 Å². The maximum absolute atomic E-state index is 13.4. The van der Waals surface area contributed by atoms with Gasteiger partial charge in [-0.2, -0.15) is 18.2 Å². The van der Waals surface area contributed by atoms with E-state index in [1.807, 2.05) is 24.3 Å². The van der Waals surface area contributed by atoms with Gasteiger partial charge in [0.2, 0.25) is 11.9 Å². The summed E-state index contributed by atoms with van der Waals surface area (Å²) in [4.78, 5) is 18.8. The molecule has 0 fully saturated rings. The molecule has 4 N–H and O–H groups in total. The van der Waals surface area contributed by atoms with Crippen LogP contribution in [0.2, 0.25) is 0 Å². The smallest absolute Gasteiger partial charge is 0.368 e. The lowest BCUT2D eigenvalue weighted by atomic mass is 9.99. The second-order valence-electron chi connectivity index (χ2n) is 8.77. The van der Waals surface area contributed by atoms with Crippen LogP contribution in [0.4, 0.5) is 30.6 Å². The van der Waals surface area contributed by atoms with Gasteiger partial charge in [-0.15, -0.1) is 24.8 Å². The molecule has 0 aliphatic carbocycles. The second kappa shape index (κ2) is 14.2. The fourth-order valence-corrected chi connectivity index (χ4v) is 4.18. The van der Waals surface area contributed by atoms with E-state index in [2.05, 4.69) is 55.5 Å². The van der Waals surface area contributed by atoms with Gasteiger partial charge < -0.3 is 21.3 Å². The third kappa shape index (κ3) is 8.75. The Morgan fingerprint density at radius 1 is 1.05 bits per heavy atom. The summed E-state index contributed by atoms with van der Waals surface area (Å²) in [7, 11) is 0. The molecule has 0 spiro atoms. The average Bonchev–Trinajstić information content (AvgIpc) is 3.05. The molecule has 0 bridgehead atoms. The number of rotatable bonds is 8. The van der Waals surface area contributed by atoms with Crippen LogP contribution in [0.15, 0.2) is 54.7 Å². The summed E-state index contributed by atoms with van der Waals surface area (Å²) in [6.45, 7) is 2.45. The molecule has 2 aromatic carbocycles. The van der Waals surface area contributed by atoms with Crippen molar-refractivity contribution >= 4 is 48.2 Å². The number of hydrogen-bond acceptors (Lipinski definition) is 6. The Morgan fingerprint density at radius 3 is 2.45 bits per heavy atom. The summed E-state index contributed by atoms with van der Waals surface area (Å²) in [5.41, 5.74) is 3.61. The van der Waals surface area contributed by atoms with Gasteiger partial charge in [0.05, 0.1) is 0 Å². The number of aryl methyl sites for hydroxylation is 1. The van der Waals surface area contributed by atoms with Crippen molar-refractivity contribution in [2.45, 2.75) is 44.9 Å². The third-order valence-corrected chi connectivity index (χ3v) is 6.04. The zero-order chi connectivity index (χ0) is 25.5. The summed E-state index contributed by atoms with van der Waals surface area (Å²) in [5, 5.41) is 11.8. The number of carbonyl (C=O) groups excluding carboxylic acids is 1. The summed E-state index contributed by atoms with van der Waals surface area (Å²) in [6.07, 6.45) is -0.883.